The largest absolute Gasteiger partial charge is 0.454 e. The van der Waals surface area contributed by atoms with E-state index in [4.69, 9.17) is 9.47 Å². The molecule has 1 aromatic carbocycles. The summed E-state index contributed by atoms with van der Waals surface area (Å²) in [6, 6.07) is 4.50. The lowest BCUT2D eigenvalue weighted by Crippen LogP contribution is -2.48. The number of ether oxygens (including phenoxy) is 2. The summed E-state index contributed by atoms with van der Waals surface area (Å²) in [4.78, 5) is 25.6. The van der Waals surface area contributed by atoms with E-state index in [2.05, 4.69) is 16.0 Å². The predicted octanol–water partition coefficient (Wildman–Crippen LogP) is -0.0314. The van der Waals surface area contributed by atoms with E-state index in [1.54, 1.807) is 18.2 Å². The lowest BCUT2D eigenvalue weighted by Gasteiger charge is -2.26. The fourth-order valence-corrected chi connectivity index (χ4v) is 2.38. The Bertz CT molecular complexity index is 572. The van der Waals surface area contributed by atoms with Gasteiger partial charge in [0.15, 0.2) is 11.5 Å². The molecule has 1 fully saturated rings. The first-order valence-corrected chi connectivity index (χ1v) is 7.14. The number of urea groups is 1. The number of piperazine rings is 1. The van der Waals surface area contributed by atoms with Gasteiger partial charge >= 0.3 is 6.03 Å². The monoisotopic (exact) mass is 306 g/mol. The van der Waals surface area contributed by atoms with Crippen molar-refractivity contribution >= 4 is 17.6 Å². The van der Waals surface area contributed by atoms with Gasteiger partial charge in [-0.1, -0.05) is 0 Å². The summed E-state index contributed by atoms with van der Waals surface area (Å²) in [5.74, 6) is 0.894. The molecule has 1 saturated heterocycles. The van der Waals surface area contributed by atoms with Gasteiger partial charge in [0, 0.05) is 37.9 Å². The second kappa shape index (κ2) is 6.63. The van der Waals surface area contributed by atoms with E-state index in [9.17, 15) is 9.59 Å². The van der Waals surface area contributed by atoms with Crippen molar-refractivity contribution < 1.29 is 19.1 Å². The minimum absolute atomic E-state index is 0.175. The lowest BCUT2D eigenvalue weighted by molar-refractivity contribution is -0.121. The van der Waals surface area contributed by atoms with Crippen molar-refractivity contribution in [1.82, 2.24) is 15.5 Å². The highest BCUT2D eigenvalue weighted by atomic mass is 16.7. The smallest absolute Gasteiger partial charge is 0.325 e. The van der Waals surface area contributed by atoms with Crippen LogP contribution in [-0.4, -0.2) is 56.4 Å². The van der Waals surface area contributed by atoms with Gasteiger partial charge in [0.05, 0.1) is 6.54 Å². The van der Waals surface area contributed by atoms with Crippen LogP contribution in [0.25, 0.3) is 0 Å². The zero-order valence-electron chi connectivity index (χ0n) is 12.1. The Hall–Kier alpha value is -2.32. The summed E-state index contributed by atoms with van der Waals surface area (Å²) < 4.78 is 10.4. The molecule has 1 aromatic rings. The van der Waals surface area contributed by atoms with Crippen LogP contribution >= 0.6 is 0 Å². The molecule has 8 heteroatoms. The van der Waals surface area contributed by atoms with Crippen LogP contribution in [0.5, 0.6) is 11.5 Å². The number of carbonyl (C=O) groups excluding carboxylic acids is 2. The summed E-state index contributed by atoms with van der Waals surface area (Å²) in [7, 11) is 0. The highest BCUT2D eigenvalue weighted by molar-refractivity contribution is 6.01. The van der Waals surface area contributed by atoms with Gasteiger partial charge in [-0.05, 0) is 12.1 Å². The van der Waals surface area contributed by atoms with Crippen molar-refractivity contribution in [2.75, 3.05) is 44.8 Å². The van der Waals surface area contributed by atoms with E-state index in [1.165, 1.54) is 0 Å². The van der Waals surface area contributed by atoms with Crippen LogP contribution in [0, 0.1) is 0 Å². The first kappa shape index (κ1) is 14.6. The molecule has 0 atom stereocenters. The molecule has 0 radical (unpaired) electrons. The molecule has 0 spiro atoms. The van der Waals surface area contributed by atoms with Gasteiger partial charge in [-0.3, -0.25) is 15.0 Å². The molecule has 0 saturated carbocycles. The third-order valence-corrected chi connectivity index (χ3v) is 3.46. The molecule has 0 aromatic heterocycles. The number of hydrogen-bond acceptors (Lipinski definition) is 6. The van der Waals surface area contributed by atoms with Crippen LogP contribution in [0.4, 0.5) is 10.5 Å². The topological polar surface area (TPSA) is 91.9 Å². The molecule has 3 amide bonds. The molecule has 2 aliphatic heterocycles. The quantitative estimate of drug-likeness (QED) is 0.726. The standard InChI is InChI=1S/C14H18N4O4/c19-13(8-18-5-3-15-4-6-18)17-14(20)16-10-1-2-11-12(7-10)22-9-21-11/h1-2,7,15H,3-6,8-9H2,(H2,16,17,19,20). The lowest BCUT2D eigenvalue weighted by atomic mass is 10.3. The third kappa shape index (κ3) is 3.66. The predicted molar refractivity (Wildman–Crippen MR) is 79.0 cm³/mol. The van der Waals surface area contributed by atoms with Crippen LogP contribution in [0.2, 0.25) is 0 Å². The van der Waals surface area contributed by atoms with Crippen LogP contribution in [0.1, 0.15) is 0 Å². The molecule has 0 aliphatic carbocycles. The Morgan fingerprint density at radius 3 is 2.77 bits per heavy atom. The number of rotatable bonds is 3. The summed E-state index contributed by atoms with van der Waals surface area (Å²) in [6.07, 6.45) is 0. The highest BCUT2D eigenvalue weighted by Gasteiger charge is 2.17. The van der Waals surface area contributed by atoms with Gasteiger partial charge in [-0.2, -0.15) is 0 Å². The van der Waals surface area contributed by atoms with Crippen LogP contribution in [0.3, 0.4) is 0 Å². The van der Waals surface area contributed by atoms with Crippen molar-refractivity contribution in [1.29, 1.82) is 0 Å². The number of nitrogens with one attached hydrogen (secondary N) is 3. The summed E-state index contributed by atoms with van der Waals surface area (Å²) in [6.45, 7) is 3.71. The van der Waals surface area contributed by atoms with E-state index < -0.39 is 6.03 Å². The van der Waals surface area contributed by atoms with E-state index >= 15 is 0 Å². The number of benzene rings is 1. The minimum Gasteiger partial charge on any atom is -0.454 e. The molecule has 0 bridgehead atoms. The summed E-state index contributed by atoms with van der Waals surface area (Å²) in [5.41, 5.74) is 0.539. The van der Waals surface area contributed by atoms with Gasteiger partial charge in [-0.25, -0.2) is 4.79 Å². The number of carbonyl (C=O) groups is 2. The second-order valence-electron chi connectivity index (χ2n) is 5.10. The second-order valence-corrected chi connectivity index (χ2v) is 5.10. The van der Waals surface area contributed by atoms with E-state index in [-0.39, 0.29) is 19.2 Å². The third-order valence-electron chi connectivity index (χ3n) is 3.46. The molecule has 3 rings (SSSR count). The van der Waals surface area contributed by atoms with Crippen LogP contribution in [0.15, 0.2) is 18.2 Å². The van der Waals surface area contributed by atoms with E-state index in [1.807, 2.05) is 4.90 Å². The molecule has 118 valence electrons. The number of hydrogen-bond donors (Lipinski definition) is 3. The fraction of sp³-hybridized carbons (Fsp3) is 0.429. The Morgan fingerprint density at radius 2 is 1.95 bits per heavy atom. The van der Waals surface area contributed by atoms with Crippen molar-refractivity contribution in [2.45, 2.75) is 0 Å². The van der Waals surface area contributed by atoms with E-state index in [0.29, 0.717) is 17.2 Å². The summed E-state index contributed by atoms with van der Waals surface area (Å²) >= 11 is 0. The Kier molecular flexibility index (Phi) is 4.40. The molecule has 0 unspecified atom stereocenters. The number of fused-ring (bicyclic) bond motifs is 1. The highest BCUT2D eigenvalue weighted by Crippen LogP contribution is 2.34. The average Bonchev–Trinajstić information content (AvgIpc) is 2.95. The molecule has 2 heterocycles. The average molecular weight is 306 g/mol. The van der Waals surface area contributed by atoms with Crippen molar-refractivity contribution in [3.63, 3.8) is 0 Å². The first-order chi connectivity index (χ1) is 10.7. The SMILES string of the molecule is O=C(CN1CCNCC1)NC(=O)Nc1ccc2c(c1)OCO2. The van der Waals surface area contributed by atoms with Gasteiger partial charge in [-0.15, -0.1) is 0 Å². The summed E-state index contributed by atoms with van der Waals surface area (Å²) in [5, 5.41) is 8.13. The van der Waals surface area contributed by atoms with Gasteiger partial charge in [0.1, 0.15) is 0 Å². The maximum absolute atomic E-state index is 11.8. The Balaban J connectivity index is 1.48. The zero-order valence-corrected chi connectivity index (χ0v) is 12.1. The molecular formula is C14H18N4O4. The Morgan fingerprint density at radius 1 is 1.18 bits per heavy atom. The van der Waals surface area contributed by atoms with Crippen molar-refractivity contribution in [3.05, 3.63) is 18.2 Å². The van der Waals surface area contributed by atoms with Gasteiger partial charge in [0.2, 0.25) is 12.7 Å². The minimum atomic E-state index is -0.556. The molecular weight excluding hydrogens is 288 g/mol. The molecule has 8 nitrogen and oxygen atoms in total. The van der Waals surface area contributed by atoms with Crippen LogP contribution in [-0.2, 0) is 4.79 Å². The molecule has 22 heavy (non-hydrogen) atoms. The number of amides is 3. The first-order valence-electron chi connectivity index (χ1n) is 7.14. The number of nitrogens with zero attached hydrogens (tertiary/aromatic N) is 1. The molecule has 3 N–H and O–H groups in total. The maximum atomic E-state index is 11.8. The zero-order chi connectivity index (χ0) is 15.4. The van der Waals surface area contributed by atoms with Crippen molar-refractivity contribution in [3.8, 4) is 11.5 Å². The fourth-order valence-electron chi connectivity index (χ4n) is 2.38. The Labute approximate surface area is 127 Å². The normalized spacial score (nSPS) is 17.1. The maximum Gasteiger partial charge on any atom is 0.325 e. The van der Waals surface area contributed by atoms with E-state index in [0.717, 1.165) is 26.2 Å². The van der Waals surface area contributed by atoms with Gasteiger partial charge < -0.3 is 20.1 Å². The number of anilines is 1. The van der Waals surface area contributed by atoms with Crippen LogP contribution < -0.4 is 25.4 Å². The number of imide groups is 1. The van der Waals surface area contributed by atoms with Gasteiger partial charge in [0.25, 0.3) is 0 Å². The van der Waals surface area contributed by atoms with Crippen molar-refractivity contribution in [2.24, 2.45) is 0 Å². The molecule has 2 aliphatic rings.